The lowest BCUT2D eigenvalue weighted by Gasteiger charge is -2.17. The molecule has 5 heteroatoms. The predicted octanol–water partition coefficient (Wildman–Crippen LogP) is 1.62. The number of aliphatic carboxylic acids is 1. The molecular weight excluding hydrogens is 270 g/mol. The van der Waals surface area contributed by atoms with Crippen LogP contribution in [0.1, 0.15) is 24.8 Å². The van der Waals surface area contributed by atoms with Crippen LogP contribution in [0.2, 0.25) is 0 Å². The molecule has 5 nitrogen and oxygen atoms in total. The van der Waals surface area contributed by atoms with E-state index >= 15 is 0 Å². The van der Waals surface area contributed by atoms with Gasteiger partial charge in [-0.05, 0) is 24.8 Å². The molecule has 1 aromatic carbocycles. The van der Waals surface area contributed by atoms with Gasteiger partial charge in [-0.15, -0.1) is 0 Å². The molecule has 0 unspecified atom stereocenters. The lowest BCUT2D eigenvalue weighted by Crippen LogP contribution is -2.41. The maximum absolute atomic E-state index is 11.7. The number of carbonyl (C=O) groups is 2. The highest BCUT2D eigenvalue weighted by molar-refractivity contribution is 5.79. The Labute approximate surface area is 124 Å². The van der Waals surface area contributed by atoms with Crippen molar-refractivity contribution in [3.05, 3.63) is 35.9 Å². The van der Waals surface area contributed by atoms with Crippen LogP contribution in [0.5, 0.6) is 0 Å². The van der Waals surface area contributed by atoms with Gasteiger partial charge in [-0.3, -0.25) is 9.59 Å². The van der Waals surface area contributed by atoms with Crippen molar-refractivity contribution in [1.29, 1.82) is 0 Å². The Kier molecular flexibility index (Phi) is 5.75. The van der Waals surface area contributed by atoms with Gasteiger partial charge in [0.15, 0.2) is 0 Å². The van der Waals surface area contributed by atoms with Gasteiger partial charge in [0.1, 0.15) is 6.61 Å². The maximum atomic E-state index is 11.7. The minimum absolute atomic E-state index is 0.0182. The summed E-state index contributed by atoms with van der Waals surface area (Å²) in [6.45, 7) is 0.458. The van der Waals surface area contributed by atoms with Crippen LogP contribution in [0.3, 0.4) is 0 Å². The van der Waals surface area contributed by atoms with Crippen LogP contribution in [-0.2, 0) is 20.7 Å². The van der Waals surface area contributed by atoms with Crippen molar-refractivity contribution in [2.45, 2.75) is 31.7 Å². The summed E-state index contributed by atoms with van der Waals surface area (Å²) in [5, 5.41) is 11.8. The number of hydrogen-bond donors (Lipinski definition) is 2. The minimum atomic E-state index is -0.831. The highest BCUT2D eigenvalue weighted by atomic mass is 16.5. The van der Waals surface area contributed by atoms with Gasteiger partial charge in [-0.2, -0.15) is 0 Å². The van der Waals surface area contributed by atoms with E-state index in [1.54, 1.807) is 0 Å². The van der Waals surface area contributed by atoms with E-state index in [1.165, 1.54) is 5.56 Å². The van der Waals surface area contributed by atoms with E-state index in [1.807, 2.05) is 30.3 Å². The average molecular weight is 291 g/mol. The fourth-order valence-electron chi connectivity index (χ4n) is 2.68. The number of carboxylic acids is 1. The fourth-order valence-corrected chi connectivity index (χ4v) is 2.68. The van der Waals surface area contributed by atoms with Crippen LogP contribution in [0, 0.1) is 5.92 Å². The smallest absolute Gasteiger partial charge is 0.308 e. The summed E-state index contributed by atoms with van der Waals surface area (Å²) < 4.78 is 5.35. The van der Waals surface area contributed by atoms with E-state index in [-0.39, 0.29) is 18.6 Å². The van der Waals surface area contributed by atoms with Crippen molar-refractivity contribution < 1.29 is 19.4 Å². The van der Waals surface area contributed by atoms with E-state index in [9.17, 15) is 9.59 Å². The van der Waals surface area contributed by atoms with Crippen molar-refractivity contribution in [1.82, 2.24) is 5.32 Å². The van der Waals surface area contributed by atoms with Gasteiger partial charge in [0.25, 0.3) is 0 Å². The molecule has 1 fully saturated rings. The monoisotopic (exact) mass is 291 g/mol. The van der Waals surface area contributed by atoms with Crippen LogP contribution in [-0.4, -0.2) is 36.2 Å². The summed E-state index contributed by atoms with van der Waals surface area (Å²) in [5.41, 5.74) is 1.17. The zero-order chi connectivity index (χ0) is 15.1. The molecule has 0 saturated heterocycles. The Morgan fingerprint density at radius 2 is 2.00 bits per heavy atom. The second kappa shape index (κ2) is 7.78. The van der Waals surface area contributed by atoms with Crippen LogP contribution >= 0.6 is 0 Å². The molecule has 1 aliphatic rings. The average Bonchev–Trinajstić information content (AvgIpc) is 2.93. The van der Waals surface area contributed by atoms with Gasteiger partial charge in [-0.25, -0.2) is 0 Å². The molecule has 1 aliphatic carbocycles. The fraction of sp³-hybridized carbons (Fsp3) is 0.500. The molecule has 1 aromatic rings. The summed E-state index contributed by atoms with van der Waals surface area (Å²) in [4.78, 5) is 22.8. The Balaban J connectivity index is 1.65. The normalized spacial score (nSPS) is 21.1. The maximum Gasteiger partial charge on any atom is 0.308 e. The van der Waals surface area contributed by atoms with E-state index < -0.39 is 11.9 Å². The summed E-state index contributed by atoms with van der Waals surface area (Å²) in [6, 6.07) is 9.66. The first kappa shape index (κ1) is 15.5. The molecule has 0 radical (unpaired) electrons. The number of benzene rings is 1. The first-order chi connectivity index (χ1) is 10.2. The van der Waals surface area contributed by atoms with Gasteiger partial charge in [0.2, 0.25) is 5.91 Å². The minimum Gasteiger partial charge on any atom is -0.481 e. The molecule has 2 N–H and O–H groups in total. The Bertz CT molecular complexity index is 474. The third-order valence-electron chi connectivity index (χ3n) is 3.79. The van der Waals surface area contributed by atoms with Crippen molar-refractivity contribution in [2.24, 2.45) is 5.92 Å². The summed E-state index contributed by atoms with van der Waals surface area (Å²) in [6.07, 6.45) is 2.97. The van der Waals surface area contributed by atoms with E-state index in [2.05, 4.69) is 5.32 Å². The highest BCUT2D eigenvalue weighted by Gasteiger charge is 2.33. The molecule has 21 heavy (non-hydrogen) atoms. The standard InChI is InChI=1S/C16H21NO4/c18-15(17-14-8-4-7-13(14)16(19)20)11-21-10-9-12-5-2-1-3-6-12/h1-3,5-6,13-14H,4,7-11H2,(H,17,18)(H,19,20)/t13-,14+/m1/s1. The van der Waals surface area contributed by atoms with Crippen molar-refractivity contribution >= 4 is 11.9 Å². The van der Waals surface area contributed by atoms with Gasteiger partial charge < -0.3 is 15.2 Å². The topological polar surface area (TPSA) is 75.6 Å². The first-order valence-corrected chi connectivity index (χ1v) is 7.30. The Hall–Kier alpha value is -1.88. The number of carbonyl (C=O) groups excluding carboxylic acids is 1. The molecule has 0 aromatic heterocycles. The van der Waals surface area contributed by atoms with Crippen LogP contribution < -0.4 is 5.32 Å². The molecule has 1 amide bonds. The number of amides is 1. The predicted molar refractivity (Wildman–Crippen MR) is 77.9 cm³/mol. The third-order valence-corrected chi connectivity index (χ3v) is 3.79. The molecular formula is C16H21NO4. The summed E-state index contributed by atoms with van der Waals surface area (Å²) >= 11 is 0. The number of hydrogen-bond acceptors (Lipinski definition) is 3. The molecule has 1 saturated carbocycles. The first-order valence-electron chi connectivity index (χ1n) is 7.30. The lowest BCUT2D eigenvalue weighted by molar-refractivity contribution is -0.142. The largest absolute Gasteiger partial charge is 0.481 e. The van der Waals surface area contributed by atoms with E-state index in [0.29, 0.717) is 13.0 Å². The second-order valence-corrected chi connectivity index (χ2v) is 5.34. The SMILES string of the molecule is O=C(COCCc1ccccc1)N[C@H]1CCC[C@H]1C(=O)O. The number of ether oxygens (including phenoxy) is 1. The number of carboxylic acid groups (broad SMARTS) is 1. The lowest BCUT2D eigenvalue weighted by atomic mass is 10.0. The third kappa shape index (κ3) is 4.86. The number of nitrogens with one attached hydrogen (secondary N) is 1. The summed E-state index contributed by atoms with van der Waals surface area (Å²) in [5.74, 6) is -1.53. The molecule has 0 bridgehead atoms. The highest BCUT2D eigenvalue weighted by Crippen LogP contribution is 2.25. The van der Waals surface area contributed by atoms with Gasteiger partial charge in [-0.1, -0.05) is 36.8 Å². The Morgan fingerprint density at radius 3 is 2.71 bits per heavy atom. The van der Waals surface area contributed by atoms with Crippen molar-refractivity contribution in [3.63, 3.8) is 0 Å². The van der Waals surface area contributed by atoms with Crippen LogP contribution in [0.25, 0.3) is 0 Å². The zero-order valence-electron chi connectivity index (χ0n) is 12.0. The molecule has 2 atom stereocenters. The van der Waals surface area contributed by atoms with E-state index in [0.717, 1.165) is 19.3 Å². The van der Waals surface area contributed by atoms with Crippen molar-refractivity contribution in [2.75, 3.05) is 13.2 Å². The summed E-state index contributed by atoms with van der Waals surface area (Å²) in [7, 11) is 0. The van der Waals surface area contributed by atoms with Gasteiger partial charge in [0.05, 0.1) is 12.5 Å². The van der Waals surface area contributed by atoms with Gasteiger partial charge >= 0.3 is 5.97 Å². The molecule has 0 aliphatic heterocycles. The van der Waals surface area contributed by atoms with Gasteiger partial charge in [0, 0.05) is 6.04 Å². The molecule has 114 valence electrons. The number of rotatable bonds is 7. The molecule has 0 heterocycles. The van der Waals surface area contributed by atoms with Crippen LogP contribution in [0.4, 0.5) is 0 Å². The quantitative estimate of drug-likeness (QED) is 0.748. The molecule has 0 spiro atoms. The Morgan fingerprint density at radius 1 is 1.24 bits per heavy atom. The van der Waals surface area contributed by atoms with Crippen molar-refractivity contribution in [3.8, 4) is 0 Å². The van der Waals surface area contributed by atoms with E-state index in [4.69, 9.17) is 9.84 Å². The second-order valence-electron chi connectivity index (χ2n) is 5.34. The van der Waals surface area contributed by atoms with Crippen LogP contribution in [0.15, 0.2) is 30.3 Å². The molecule has 2 rings (SSSR count). The zero-order valence-corrected chi connectivity index (χ0v) is 12.0.